The van der Waals surface area contributed by atoms with Gasteiger partial charge >= 0.3 is 12.6 Å². The molecule has 14 heteroatoms. The van der Waals surface area contributed by atoms with Crippen molar-refractivity contribution in [3.63, 3.8) is 0 Å². The highest BCUT2D eigenvalue weighted by molar-refractivity contribution is 8.09. The fraction of sp³-hybridized carbons (Fsp3) is 0.458. The molecule has 1 unspecified atom stereocenters. The summed E-state index contributed by atoms with van der Waals surface area (Å²) >= 11 is 11.6. The standard InChI is InChI=1S/C24H28ClN2O9PS/c1-5-24(32)21(30)19(35-23(24)27-11-10-17(28)12-20(27)29)13-33-37(38,26-15(4)22(31)34-14(2)3)36-18-8-6-16(25)7-9-18/h1,6-11,14-15,19,21,23,30,32H,12-13H2,2-4H3,(H,26,38)/t15-,19+,21+,23+,24+,37?/m0/s1. The molecule has 0 radical (unpaired) electrons. The Morgan fingerprint density at radius 3 is 2.61 bits per heavy atom. The number of ketones is 1. The average molecular weight is 587 g/mol. The molecule has 3 rings (SSSR count). The fourth-order valence-corrected chi connectivity index (χ4v) is 6.16. The van der Waals surface area contributed by atoms with E-state index >= 15 is 0 Å². The van der Waals surface area contributed by atoms with Gasteiger partial charge < -0.3 is 28.7 Å². The highest BCUT2D eigenvalue weighted by atomic mass is 35.5. The second kappa shape index (κ2) is 12.2. The second-order valence-corrected chi connectivity index (χ2v) is 12.4. The van der Waals surface area contributed by atoms with Gasteiger partial charge in [-0.1, -0.05) is 17.5 Å². The van der Waals surface area contributed by atoms with Gasteiger partial charge in [0.15, 0.2) is 17.6 Å². The second-order valence-electron chi connectivity index (χ2n) is 8.88. The summed E-state index contributed by atoms with van der Waals surface area (Å²) in [6.45, 7) is 0.926. The number of nitrogens with one attached hydrogen (secondary N) is 1. The Morgan fingerprint density at radius 1 is 1.37 bits per heavy atom. The minimum absolute atomic E-state index is 0.286. The summed E-state index contributed by atoms with van der Waals surface area (Å²) in [5.41, 5.74) is -2.32. The van der Waals surface area contributed by atoms with Gasteiger partial charge in [0.2, 0.25) is 5.91 Å². The van der Waals surface area contributed by atoms with Gasteiger partial charge in [-0.25, -0.2) is 5.09 Å². The molecule has 11 nitrogen and oxygen atoms in total. The molecule has 6 atom stereocenters. The van der Waals surface area contributed by atoms with Crippen molar-refractivity contribution in [3.05, 3.63) is 41.6 Å². The number of ether oxygens (including phenoxy) is 2. The Balaban J connectivity index is 1.81. The number of aliphatic hydroxyl groups is 2. The van der Waals surface area contributed by atoms with E-state index < -0.39 is 67.4 Å². The van der Waals surface area contributed by atoms with Crippen LogP contribution < -0.4 is 9.61 Å². The summed E-state index contributed by atoms with van der Waals surface area (Å²) in [4.78, 5) is 37.3. The normalized spacial score (nSPS) is 27.6. The number of halogens is 1. The summed E-state index contributed by atoms with van der Waals surface area (Å²) in [7, 11) is 0. The molecule has 1 saturated heterocycles. The molecule has 1 aromatic carbocycles. The lowest BCUT2D eigenvalue weighted by Crippen LogP contribution is -2.55. The summed E-state index contributed by atoms with van der Waals surface area (Å²) in [5, 5.41) is 25.1. The van der Waals surface area contributed by atoms with E-state index in [1.807, 2.05) is 0 Å². The maximum absolute atomic E-state index is 12.4. The molecule has 0 aliphatic carbocycles. The minimum Gasteiger partial charge on any atom is -0.462 e. The van der Waals surface area contributed by atoms with E-state index in [1.54, 1.807) is 38.1 Å². The highest BCUT2D eigenvalue weighted by Gasteiger charge is 2.58. The van der Waals surface area contributed by atoms with Crippen LogP contribution in [0, 0.1) is 12.3 Å². The van der Waals surface area contributed by atoms with E-state index in [-0.39, 0.29) is 11.9 Å². The van der Waals surface area contributed by atoms with Crippen LogP contribution in [0.1, 0.15) is 27.2 Å². The van der Waals surface area contributed by atoms with Gasteiger partial charge in [-0.2, -0.15) is 0 Å². The van der Waals surface area contributed by atoms with Gasteiger partial charge in [0.25, 0.3) is 0 Å². The van der Waals surface area contributed by atoms with Crippen LogP contribution in [0.25, 0.3) is 0 Å². The van der Waals surface area contributed by atoms with Crippen molar-refractivity contribution in [1.29, 1.82) is 0 Å². The van der Waals surface area contributed by atoms with Crippen LogP contribution in [0.2, 0.25) is 5.02 Å². The van der Waals surface area contributed by atoms with Gasteiger partial charge in [0, 0.05) is 11.2 Å². The van der Waals surface area contributed by atoms with Crippen molar-refractivity contribution >= 4 is 47.7 Å². The van der Waals surface area contributed by atoms with E-state index in [2.05, 4.69) is 11.0 Å². The van der Waals surface area contributed by atoms with Crippen molar-refractivity contribution in [2.24, 2.45) is 0 Å². The Bertz CT molecular complexity index is 1190. The Labute approximate surface area is 230 Å². The monoisotopic (exact) mass is 586 g/mol. The third-order valence-electron chi connectivity index (χ3n) is 5.51. The van der Waals surface area contributed by atoms with Crippen LogP contribution >= 0.6 is 18.2 Å². The van der Waals surface area contributed by atoms with E-state index in [4.69, 9.17) is 48.4 Å². The summed E-state index contributed by atoms with van der Waals surface area (Å²) in [5.74, 6) is 0.680. The fourth-order valence-electron chi connectivity index (χ4n) is 3.61. The minimum atomic E-state index is -3.54. The molecule has 0 spiro atoms. The number of hydrogen-bond acceptors (Lipinski definition) is 10. The van der Waals surface area contributed by atoms with Crippen LogP contribution in [-0.2, 0) is 40.2 Å². The molecule has 2 aliphatic rings. The lowest BCUT2D eigenvalue weighted by molar-refractivity contribution is -0.153. The zero-order chi connectivity index (χ0) is 28.3. The summed E-state index contributed by atoms with van der Waals surface area (Å²) < 4.78 is 22.7. The zero-order valence-electron chi connectivity index (χ0n) is 20.8. The van der Waals surface area contributed by atoms with Gasteiger partial charge in [-0.3, -0.25) is 19.3 Å². The van der Waals surface area contributed by atoms with Crippen molar-refractivity contribution < 1.29 is 43.1 Å². The number of rotatable bonds is 10. The molecule has 0 saturated carbocycles. The number of nitrogens with zero attached hydrogens (tertiary/aromatic N) is 1. The Hall–Kier alpha value is -2.33. The van der Waals surface area contributed by atoms with Gasteiger partial charge in [-0.05, 0) is 62.9 Å². The van der Waals surface area contributed by atoms with Gasteiger partial charge in [0.05, 0.1) is 19.1 Å². The van der Waals surface area contributed by atoms with Crippen LogP contribution in [0.4, 0.5) is 0 Å². The Morgan fingerprint density at radius 2 is 2.03 bits per heavy atom. The smallest absolute Gasteiger partial charge is 0.323 e. The number of carbonyl (C=O) groups is 3. The molecular weight excluding hydrogens is 559 g/mol. The number of benzene rings is 1. The Kier molecular flexibility index (Phi) is 9.73. The SMILES string of the molecule is C#C[C@@]1(O)[C@H](O)[C@@H](COP(=S)(N[C@@H](C)C(=O)OC(C)C)Oc2ccc(Cl)cc2)O[C@H]1N1C=CC(=O)CC1=O. The van der Waals surface area contributed by atoms with E-state index in [1.165, 1.54) is 6.92 Å². The molecule has 206 valence electrons. The van der Waals surface area contributed by atoms with Crippen molar-refractivity contribution in [3.8, 4) is 18.1 Å². The van der Waals surface area contributed by atoms with Crippen LogP contribution in [0.3, 0.4) is 0 Å². The van der Waals surface area contributed by atoms with Gasteiger partial charge in [-0.15, -0.1) is 6.42 Å². The largest absolute Gasteiger partial charge is 0.462 e. The van der Waals surface area contributed by atoms with Crippen LogP contribution in [0.15, 0.2) is 36.5 Å². The lowest BCUT2D eigenvalue weighted by atomic mass is 9.94. The molecule has 1 fully saturated rings. The predicted octanol–water partition coefficient (Wildman–Crippen LogP) is 1.65. The first-order valence-electron chi connectivity index (χ1n) is 11.5. The highest BCUT2D eigenvalue weighted by Crippen LogP contribution is 2.47. The molecular formula is C24H28ClN2O9PS. The third kappa shape index (κ3) is 7.00. The number of carbonyl (C=O) groups excluding carboxylic acids is 3. The third-order valence-corrected chi connectivity index (χ3v) is 8.26. The first kappa shape index (κ1) is 30.2. The van der Waals surface area contributed by atoms with E-state index in [0.717, 1.165) is 17.2 Å². The first-order valence-corrected chi connectivity index (χ1v) is 14.5. The quantitative estimate of drug-likeness (QED) is 0.159. The molecule has 1 amide bonds. The number of hydrogen-bond donors (Lipinski definition) is 3. The average Bonchev–Trinajstić information content (AvgIpc) is 3.09. The maximum Gasteiger partial charge on any atom is 0.323 e. The molecule has 38 heavy (non-hydrogen) atoms. The molecule has 2 heterocycles. The number of allylic oxidation sites excluding steroid dienone is 1. The van der Waals surface area contributed by atoms with Crippen LogP contribution in [0.5, 0.6) is 5.75 Å². The van der Waals surface area contributed by atoms with Crippen molar-refractivity contribution in [1.82, 2.24) is 9.99 Å². The number of amides is 1. The molecule has 1 aromatic rings. The maximum atomic E-state index is 12.4. The number of terminal acetylenes is 1. The summed E-state index contributed by atoms with van der Waals surface area (Å²) in [6.07, 6.45) is 2.48. The first-order chi connectivity index (χ1) is 17.8. The summed E-state index contributed by atoms with van der Waals surface area (Å²) in [6, 6.07) is 5.31. The molecule has 2 aliphatic heterocycles. The van der Waals surface area contributed by atoms with E-state index in [9.17, 15) is 24.6 Å². The van der Waals surface area contributed by atoms with Crippen molar-refractivity contribution in [2.75, 3.05) is 6.61 Å². The van der Waals surface area contributed by atoms with Crippen LogP contribution in [-0.4, -0.2) is 75.6 Å². The molecule has 3 N–H and O–H groups in total. The molecule has 0 aromatic heterocycles. The topological polar surface area (TPSA) is 144 Å². The molecule has 0 bridgehead atoms. The van der Waals surface area contributed by atoms with Gasteiger partial charge in [0.1, 0.15) is 24.0 Å². The predicted molar refractivity (Wildman–Crippen MR) is 140 cm³/mol. The lowest BCUT2D eigenvalue weighted by Gasteiger charge is -2.33. The number of esters is 1. The van der Waals surface area contributed by atoms with Crippen molar-refractivity contribution in [2.45, 2.75) is 63.4 Å². The van der Waals surface area contributed by atoms with E-state index in [0.29, 0.717) is 5.02 Å². The zero-order valence-corrected chi connectivity index (χ0v) is 23.2. The number of aliphatic hydroxyl groups excluding tert-OH is 1.